The fourth-order valence-electron chi connectivity index (χ4n) is 1.06. The lowest BCUT2D eigenvalue weighted by atomic mass is 10.3. The number of aromatic nitrogens is 1. The zero-order chi connectivity index (χ0) is 9.26. The lowest BCUT2D eigenvalue weighted by molar-refractivity contribution is 1.34. The molecule has 0 aliphatic heterocycles. The van der Waals surface area contributed by atoms with E-state index in [1.165, 1.54) is 10.1 Å². The van der Waals surface area contributed by atoms with Gasteiger partial charge in [-0.1, -0.05) is 24.1 Å². The van der Waals surface area contributed by atoms with Crippen LogP contribution in [-0.2, 0) is 0 Å². The maximum atomic E-state index is 4.41. The second-order valence-corrected chi connectivity index (χ2v) is 7.35. The topological polar surface area (TPSA) is 12.9 Å². The van der Waals surface area contributed by atoms with Crippen LogP contribution in [0.15, 0.2) is 29.3 Å². The Morgan fingerprint density at radius 1 is 1.46 bits per heavy atom. The molecule has 0 saturated heterocycles. The molecular weight excluding hydrogens is 218 g/mol. The van der Waals surface area contributed by atoms with Gasteiger partial charge in [-0.3, -0.25) is 0 Å². The lowest BCUT2D eigenvalue weighted by Crippen LogP contribution is -1.67. The van der Waals surface area contributed by atoms with Gasteiger partial charge in [-0.25, -0.2) is 0 Å². The molecule has 0 spiro atoms. The quantitative estimate of drug-likeness (QED) is 0.574. The molecule has 0 radical (unpaired) electrons. The van der Waals surface area contributed by atoms with Crippen LogP contribution in [0.25, 0.3) is 10.1 Å². The van der Waals surface area contributed by atoms with E-state index in [1.54, 1.807) is 22.3 Å². The number of nitrogens with zero attached hydrogens (tertiary/aromatic N) is 1. The van der Waals surface area contributed by atoms with E-state index >= 15 is 0 Å². The van der Waals surface area contributed by atoms with Crippen molar-refractivity contribution in [2.45, 2.75) is 5.03 Å². The van der Waals surface area contributed by atoms with Crippen LogP contribution in [-0.4, -0.2) is 16.5 Å². The summed E-state index contributed by atoms with van der Waals surface area (Å²) in [7, 11) is 1.86. The predicted octanol–water partition coefficient (Wildman–Crippen LogP) is 3.63. The van der Waals surface area contributed by atoms with E-state index < -0.39 is 0 Å². The van der Waals surface area contributed by atoms with Crippen LogP contribution in [0.3, 0.4) is 0 Å². The molecule has 0 amide bonds. The minimum Gasteiger partial charge on any atom is -0.184 e. The Labute approximate surface area is 87.7 Å². The maximum absolute atomic E-state index is 4.41. The summed E-state index contributed by atoms with van der Waals surface area (Å²) in [4.78, 5) is 0. The van der Waals surface area contributed by atoms with Crippen molar-refractivity contribution in [3.8, 4) is 0 Å². The third-order valence-electron chi connectivity index (χ3n) is 1.57. The summed E-state index contributed by atoms with van der Waals surface area (Å²) >= 11 is 1.56. The standard InChI is InChI=1S/C9H9NS3/c1-13(2)12-9-7-5-3-4-6-8(7)11-10-9/h3-6H,1H2,2H3. The van der Waals surface area contributed by atoms with Crippen LogP contribution in [0.1, 0.15) is 0 Å². The van der Waals surface area contributed by atoms with Crippen LogP contribution >= 0.6 is 31.8 Å². The average molecular weight is 227 g/mol. The van der Waals surface area contributed by atoms with Crippen molar-refractivity contribution in [1.82, 2.24) is 4.37 Å². The van der Waals surface area contributed by atoms with Gasteiger partial charge < -0.3 is 0 Å². The largest absolute Gasteiger partial charge is 0.184 e. The first-order chi connectivity index (χ1) is 6.27. The highest BCUT2D eigenvalue weighted by Crippen LogP contribution is 2.38. The van der Waals surface area contributed by atoms with Gasteiger partial charge in [0.1, 0.15) is 5.03 Å². The molecule has 1 aromatic heterocycles. The highest BCUT2D eigenvalue weighted by molar-refractivity contribution is 8.83. The van der Waals surface area contributed by atoms with Gasteiger partial charge in [0.15, 0.2) is 0 Å². The Morgan fingerprint density at radius 2 is 2.23 bits per heavy atom. The van der Waals surface area contributed by atoms with Gasteiger partial charge >= 0.3 is 0 Å². The summed E-state index contributed by atoms with van der Waals surface area (Å²) in [5.74, 6) is 3.98. The predicted molar refractivity (Wildman–Crippen MR) is 66.1 cm³/mol. The minimum atomic E-state index is 0.110. The Morgan fingerprint density at radius 3 is 3.00 bits per heavy atom. The van der Waals surface area contributed by atoms with E-state index in [2.05, 4.69) is 34.7 Å². The number of rotatable bonds is 2. The number of fused-ring (bicyclic) bond motifs is 1. The van der Waals surface area contributed by atoms with Crippen molar-refractivity contribution in [1.29, 1.82) is 0 Å². The van der Waals surface area contributed by atoms with E-state index in [1.807, 2.05) is 6.07 Å². The van der Waals surface area contributed by atoms with Crippen molar-refractivity contribution in [2.24, 2.45) is 0 Å². The van der Waals surface area contributed by atoms with Gasteiger partial charge in [0.05, 0.1) is 4.70 Å². The molecule has 1 nitrogen and oxygen atoms in total. The summed E-state index contributed by atoms with van der Waals surface area (Å²) in [6.45, 7) is 0. The first-order valence-corrected chi connectivity index (χ1v) is 7.66. The normalized spacial score (nSPS) is 13.3. The highest BCUT2D eigenvalue weighted by Gasteiger charge is 2.04. The SMILES string of the molecule is C=S(C)Sc1nsc2ccccc12. The van der Waals surface area contributed by atoms with Gasteiger partial charge in [-0.15, -0.1) is 9.52 Å². The summed E-state index contributed by atoms with van der Waals surface area (Å²) in [5, 5.41) is 2.39. The molecule has 4 heteroatoms. The lowest BCUT2D eigenvalue weighted by Gasteiger charge is -1.95. The molecular formula is C9H9NS3. The molecule has 2 rings (SSSR count). The van der Waals surface area contributed by atoms with Crippen LogP contribution in [0.5, 0.6) is 0 Å². The zero-order valence-corrected chi connectivity index (χ0v) is 9.64. The van der Waals surface area contributed by atoms with Crippen molar-refractivity contribution in [3.63, 3.8) is 0 Å². The van der Waals surface area contributed by atoms with Crippen molar-refractivity contribution in [2.75, 3.05) is 6.26 Å². The molecule has 1 unspecified atom stereocenters. The van der Waals surface area contributed by atoms with Crippen molar-refractivity contribution < 1.29 is 0 Å². The fourth-order valence-corrected chi connectivity index (χ4v) is 3.93. The van der Waals surface area contributed by atoms with Crippen molar-refractivity contribution >= 4 is 47.8 Å². The fraction of sp³-hybridized carbons (Fsp3) is 0.111. The number of hydrogen-bond donors (Lipinski definition) is 0. The smallest absolute Gasteiger partial charge is 0.128 e. The number of benzene rings is 1. The Bertz CT molecular complexity index is 447. The van der Waals surface area contributed by atoms with E-state index in [9.17, 15) is 0 Å². The summed E-state index contributed by atoms with van der Waals surface area (Å²) < 4.78 is 5.67. The van der Waals surface area contributed by atoms with Gasteiger partial charge in [0.25, 0.3) is 0 Å². The van der Waals surface area contributed by atoms with E-state index in [0.29, 0.717) is 0 Å². The Kier molecular flexibility index (Phi) is 2.71. The van der Waals surface area contributed by atoms with E-state index in [0.717, 1.165) is 5.03 Å². The molecule has 2 aromatic rings. The minimum absolute atomic E-state index is 0.110. The summed E-state index contributed by atoms with van der Waals surface area (Å²) in [6.07, 6.45) is 2.11. The second kappa shape index (κ2) is 3.82. The van der Waals surface area contributed by atoms with Crippen LogP contribution in [0, 0.1) is 0 Å². The van der Waals surface area contributed by atoms with Crippen LogP contribution in [0.2, 0.25) is 0 Å². The van der Waals surface area contributed by atoms with Crippen molar-refractivity contribution in [3.05, 3.63) is 24.3 Å². The summed E-state index contributed by atoms with van der Waals surface area (Å²) in [6, 6.07) is 8.32. The molecule has 0 saturated carbocycles. The molecule has 1 aromatic carbocycles. The molecule has 0 aliphatic carbocycles. The first kappa shape index (κ1) is 9.24. The van der Waals surface area contributed by atoms with Gasteiger partial charge in [-0.05, 0) is 34.6 Å². The first-order valence-electron chi connectivity index (χ1n) is 3.76. The summed E-state index contributed by atoms with van der Waals surface area (Å²) in [5.41, 5.74) is 0. The monoisotopic (exact) mass is 227 g/mol. The van der Waals surface area contributed by atoms with Gasteiger partial charge in [-0.2, -0.15) is 4.37 Å². The van der Waals surface area contributed by atoms with Gasteiger partial charge in [0.2, 0.25) is 0 Å². The van der Waals surface area contributed by atoms with E-state index in [-0.39, 0.29) is 9.52 Å². The molecule has 13 heavy (non-hydrogen) atoms. The third-order valence-corrected chi connectivity index (χ3v) is 4.59. The average Bonchev–Trinajstić information content (AvgIpc) is 2.48. The van der Waals surface area contributed by atoms with Gasteiger partial charge in [0, 0.05) is 5.39 Å². The molecule has 68 valence electrons. The molecule has 0 N–H and O–H groups in total. The third kappa shape index (κ3) is 1.95. The zero-order valence-electron chi connectivity index (χ0n) is 7.19. The highest BCUT2D eigenvalue weighted by atomic mass is 33.1. The molecule has 0 bridgehead atoms. The molecule has 0 fully saturated rings. The Balaban J connectivity index is 2.51. The van der Waals surface area contributed by atoms with Crippen LogP contribution < -0.4 is 0 Å². The second-order valence-electron chi connectivity index (χ2n) is 2.64. The number of hydrogen-bond acceptors (Lipinski definition) is 3. The molecule has 0 aliphatic rings. The van der Waals surface area contributed by atoms with E-state index in [4.69, 9.17) is 0 Å². The molecule has 1 atom stereocenters. The maximum Gasteiger partial charge on any atom is 0.128 e. The van der Waals surface area contributed by atoms with Crippen LogP contribution in [0.4, 0.5) is 0 Å². The molecule has 1 heterocycles. The Hall–Kier alpha value is -0.320.